The van der Waals surface area contributed by atoms with E-state index in [1.54, 1.807) is 37.4 Å². The molecule has 0 saturated heterocycles. The van der Waals surface area contributed by atoms with Crippen LogP contribution in [0.5, 0.6) is 5.75 Å². The third-order valence-corrected chi connectivity index (χ3v) is 4.05. The van der Waals surface area contributed by atoms with Crippen LogP contribution in [0.4, 0.5) is 0 Å². The zero-order chi connectivity index (χ0) is 14.7. The van der Waals surface area contributed by atoms with E-state index in [1.807, 2.05) is 6.07 Å². The molecule has 1 atom stereocenters. The lowest BCUT2D eigenvalue weighted by Crippen LogP contribution is -2.03. The molecule has 5 heteroatoms. The fourth-order valence-corrected chi connectivity index (χ4v) is 2.52. The van der Waals surface area contributed by atoms with E-state index in [2.05, 4.69) is 0 Å². The summed E-state index contributed by atoms with van der Waals surface area (Å²) in [6.07, 6.45) is -0.311. The molecule has 0 amide bonds. The van der Waals surface area contributed by atoms with Gasteiger partial charge >= 0.3 is 0 Å². The van der Waals surface area contributed by atoms with Crippen LogP contribution in [-0.4, -0.2) is 12.2 Å². The summed E-state index contributed by atoms with van der Waals surface area (Å²) in [4.78, 5) is 0. The van der Waals surface area contributed by atoms with E-state index in [4.69, 9.17) is 39.5 Å². The number of rotatable bonds is 4. The van der Waals surface area contributed by atoms with Crippen LogP contribution in [0.3, 0.4) is 0 Å². The fourth-order valence-electron chi connectivity index (χ4n) is 1.90. The minimum Gasteiger partial charge on any atom is -0.497 e. The Hall–Kier alpha value is -0.930. The van der Waals surface area contributed by atoms with Crippen molar-refractivity contribution in [2.45, 2.75) is 12.5 Å². The molecule has 0 spiro atoms. The maximum atomic E-state index is 10.3. The zero-order valence-corrected chi connectivity index (χ0v) is 13.0. The summed E-state index contributed by atoms with van der Waals surface area (Å²) < 4.78 is 5.08. The molecule has 0 radical (unpaired) electrons. The van der Waals surface area contributed by atoms with E-state index in [0.717, 1.165) is 5.56 Å². The fraction of sp³-hybridized carbons (Fsp3) is 0.200. The predicted molar refractivity (Wildman–Crippen MR) is 83.1 cm³/mol. The van der Waals surface area contributed by atoms with E-state index in [9.17, 15) is 5.11 Å². The lowest BCUT2D eigenvalue weighted by atomic mass is 10.0. The Morgan fingerprint density at radius 1 is 1.00 bits per heavy atom. The van der Waals surface area contributed by atoms with Crippen molar-refractivity contribution in [1.82, 2.24) is 0 Å². The van der Waals surface area contributed by atoms with E-state index in [0.29, 0.717) is 32.8 Å². The van der Waals surface area contributed by atoms with Crippen LogP contribution in [0.15, 0.2) is 36.4 Å². The first-order valence-corrected chi connectivity index (χ1v) is 7.10. The molecule has 2 aromatic carbocycles. The lowest BCUT2D eigenvalue weighted by molar-refractivity contribution is 0.178. The second-order valence-electron chi connectivity index (χ2n) is 4.36. The number of aliphatic hydroxyl groups is 1. The molecular weight excluding hydrogens is 319 g/mol. The minimum absolute atomic E-state index is 0.406. The van der Waals surface area contributed by atoms with Gasteiger partial charge in [-0.2, -0.15) is 0 Å². The first kappa shape index (κ1) is 15.5. The second-order valence-corrected chi connectivity index (χ2v) is 5.58. The second kappa shape index (κ2) is 6.68. The number of methoxy groups -OCH3 is 1. The maximum absolute atomic E-state index is 10.3. The van der Waals surface area contributed by atoms with Gasteiger partial charge in [0.15, 0.2) is 0 Å². The normalized spacial score (nSPS) is 12.2. The van der Waals surface area contributed by atoms with Gasteiger partial charge in [0.1, 0.15) is 5.75 Å². The van der Waals surface area contributed by atoms with Gasteiger partial charge in [-0.25, -0.2) is 0 Å². The molecule has 0 bridgehead atoms. The summed E-state index contributed by atoms with van der Waals surface area (Å²) in [7, 11) is 1.57. The molecule has 0 heterocycles. The number of hydrogen-bond donors (Lipinski definition) is 1. The number of halogens is 3. The number of hydrogen-bond acceptors (Lipinski definition) is 2. The van der Waals surface area contributed by atoms with Crippen LogP contribution in [0, 0.1) is 0 Å². The third kappa shape index (κ3) is 3.58. The molecule has 0 saturated carbocycles. The van der Waals surface area contributed by atoms with Gasteiger partial charge in [0, 0.05) is 6.42 Å². The van der Waals surface area contributed by atoms with Crippen molar-refractivity contribution in [2.75, 3.05) is 7.11 Å². The molecule has 1 N–H and O–H groups in total. The van der Waals surface area contributed by atoms with Crippen LogP contribution < -0.4 is 4.74 Å². The van der Waals surface area contributed by atoms with Crippen molar-refractivity contribution in [1.29, 1.82) is 0 Å². The van der Waals surface area contributed by atoms with Gasteiger partial charge in [-0.05, 0) is 35.4 Å². The maximum Gasteiger partial charge on any atom is 0.120 e. The summed E-state index contributed by atoms with van der Waals surface area (Å²) in [5.74, 6) is 0.653. The molecule has 0 aliphatic heterocycles. The average Bonchev–Trinajstić information content (AvgIpc) is 2.42. The molecule has 20 heavy (non-hydrogen) atoms. The molecule has 2 nitrogen and oxygen atoms in total. The Balaban J connectivity index is 2.19. The summed E-state index contributed by atoms with van der Waals surface area (Å²) in [6.45, 7) is 0. The number of benzene rings is 2. The van der Waals surface area contributed by atoms with Crippen molar-refractivity contribution < 1.29 is 9.84 Å². The summed E-state index contributed by atoms with van der Waals surface area (Å²) in [5, 5.41) is 11.7. The molecule has 0 aliphatic carbocycles. The van der Waals surface area contributed by atoms with Gasteiger partial charge in [0.25, 0.3) is 0 Å². The van der Waals surface area contributed by atoms with E-state index in [1.165, 1.54) is 0 Å². The molecular formula is C15H13Cl3O2. The van der Waals surface area contributed by atoms with Crippen LogP contribution >= 0.6 is 34.8 Å². The highest BCUT2D eigenvalue weighted by molar-refractivity contribution is 6.42. The Morgan fingerprint density at radius 3 is 2.35 bits per heavy atom. The van der Waals surface area contributed by atoms with Gasteiger partial charge in [-0.15, -0.1) is 0 Å². The lowest BCUT2D eigenvalue weighted by Gasteiger charge is -2.14. The van der Waals surface area contributed by atoms with E-state index >= 15 is 0 Å². The van der Waals surface area contributed by atoms with Gasteiger partial charge < -0.3 is 9.84 Å². The van der Waals surface area contributed by atoms with Gasteiger partial charge in [0.05, 0.1) is 28.3 Å². The highest BCUT2D eigenvalue weighted by atomic mass is 35.5. The number of ether oxygens (including phenoxy) is 1. The Morgan fingerprint density at radius 2 is 1.75 bits per heavy atom. The smallest absolute Gasteiger partial charge is 0.120 e. The molecule has 1 unspecified atom stereocenters. The van der Waals surface area contributed by atoms with Crippen molar-refractivity contribution >= 4 is 34.8 Å². The highest BCUT2D eigenvalue weighted by Crippen LogP contribution is 2.30. The first-order valence-electron chi connectivity index (χ1n) is 5.96. The SMILES string of the molecule is COc1ccc(C(O)Cc2ccc(Cl)c(Cl)c2)c(Cl)c1. The third-order valence-electron chi connectivity index (χ3n) is 2.98. The van der Waals surface area contributed by atoms with Gasteiger partial charge in [0.2, 0.25) is 0 Å². The Kier molecular flexibility index (Phi) is 5.17. The Bertz CT molecular complexity index is 614. The first-order chi connectivity index (χ1) is 9.51. The summed E-state index contributed by atoms with van der Waals surface area (Å²) in [5.41, 5.74) is 1.54. The van der Waals surface area contributed by atoms with Crippen molar-refractivity contribution in [2.24, 2.45) is 0 Å². The van der Waals surface area contributed by atoms with Crippen molar-refractivity contribution in [3.8, 4) is 5.75 Å². The molecule has 0 fully saturated rings. The topological polar surface area (TPSA) is 29.5 Å². The van der Waals surface area contributed by atoms with Gasteiger partial charge in [-0.3, -0.25) is 0 Å². The Labute approximate surface area is 132 Å². The van der Waals surface area contributed by atoms with Crippen molar-refractivity contribution in [3.05, 3.63) is 62.6 Å². The average molecular weight is 332 g/mol. The highest BCUT2D eigenvalue weighted by Gasteiger charge is 2.14. The largest absolute Gasteiger partial charge is 0.497 e. The molecule has 0 aliphatic rings. The monoisotopic (exact) mass is 330 g/mol. The van der Waals surface area contributed by atoms with Crippen LogP contribution in [0.1, 0.15) is 17.2 Å². The van der Waals surface area contributed by atoms with Crippen LogP contribution in [0.25, 0.3) is 0 Å². The predicted octanol–water partition coefficient (Wildman–Crippen LogP) is 4.93. The van der Waals surface area contributed by atoms with Gasteiger partial charge in [-0.1, -0.05) is 46.9 Å². The molecule has 0 aromatic heterocycles. The van der Waals surface area contributed by atoms with Crippen molar-refractivity contribution in [3.63, 3.8) is 0 Å². The zero-order valence-electron chi connectivity index (χ0n) is 10.7. The quantitative estimate of drug-likeness (QED) is 0.860. The summed E-state index contributed by atoms with van der Waals surface area (Å²) >= 11 is 18.0. The van der Waals surface area contributed by atoms with E-state index < -0.39 is 6.10 Å². The molecule has 2 aromatic rings. The molecule has 106 valence electrons. The standard InChI is InChI=1S/C15H13Cl3O2/c1-20-10-3-4-11(13(17)8-10)15(19)7-9-2-5-12(16)14(18)6-9/h2-6,8,15,19H,7H2,1H3. The van der Waals surface area contributed by atoms with Crippen LogP contribution in [-0.2, 0) is 6.42 Å². The van der Waals surface area contributed by atoms with Crippen LogP contribution in [0.2, 0.25) is 15.1 Å². The minimum atomic E-state index is -0.717. The van der Waals surface area contributed by atoms with E-state index in [-0.39, 0.29) is 0 Å². The molecule has 2 rings (SSSR count). The summed E-state index contributed by atoms with van der Waals surface area (Å²) in [6, 6.07) is 10.5. The number of aliphatic hydroxyl groups excluding tert-OH is 1.